The summed E-state index contributed by atoms with van der Waals surface area (Å²) in [5.41, 5.74) is 2.31. The molecule has 0 spiro atoms. The average molecular weight is 261 g/mol. The Morgan fingerprint density at radius 2 is 2.26 bits per heavy atom. The van der Waals surface area contributed by atoms with E-state index in [-0.39, 0.29) is 17.7 Å². The molecule has 19 heavy (non-hydrogen) atoms. The largest absolute Gasteiger partial charge is 0.379 e. The van der Waals surface area contributed by atoms with Crippen LogP contribution in [0.15, 0.2) is 24.3 Å². The molecule has 1 aromatic rings. The molecule has 2 atom stereocenters. The molecule has 2 rings (SSSR count). The van der Waals surface area contributed by atoms with Crippen LogP contribution in [-0.2, 0) is 16.0 Å². The predicted molar refractivity (Wildman–Crippen MR) is 76.3 cm³/mol. The van der Waals surface area contributed by atoms with Crippen LogP contribution in [0.1, 0.15) is 24.5 Å². The second-order valence-electron chi connectivity index (χ2n) is 5.34. The Labute approximate surface area is 115 Å². The molecule has 2 unspecified atom stereocenters. The van der Waals surface area contributed by atoms with Crippen molar-refractivity contribution in [2.75, 3.05) is 19.8 Å². The summed E-state index contributed by atoms with van der Waals surface area (Å²) in [6, 6.07) is 8.36. The van der Waals surface area contributed by atoms with Crippen molar-refractivity contribution in [3.63, 3.8) is 0 Å². The van der Waals surface area contributed by atoms with Crippen molar-refractivity contribution in [2.24, 2.45) is 5.92 Å². The van der Waals surface area contributed by atoms with Gasteiger partial charge in [-0.2, -0.15) is 0 Å². The molecule has 0 bridgehead atoms. The van der Waals surface area contributed by atoms with Crippen molar-refractivity contribution in [1.82, 2.24) is 5.32 Å². The molecular weight excluding hydrogens is 238 g/mol. The summed E-state index contributed by atoms with van der Waals surface area (Å²) in [6.45, 7) is 6.35. The topological polar surface area (TPSA) is 38.3 Å². The molecule has 1 N–H and O–H groups in total. The quantitative estimate of drug-likeness (QED) is 0.852. The molecule has 3 heteroatoms. The average Bonchev–Trinajstić information content (AvgIpc) is 2.84. The monoisotopic (exact) mass is 261 g/mol. The zero-order valence-electron chi connectivity index (χ0n) is 11.8. The number of benzene rings is 1. The number of ether oxygens (including phenoxy) is 1. The molecule has 1 aliphatic heterocycles. The molecule has 1 aliphatic rings. The molecule has 1 fully saturated rings. The number of aryl methyl sites for hydroxylation is 1. The number of hydrogen-bond donors (Lipinski definition) is 1. The van der Waals surface area contributed by atoms with Crippen LogP contribution >= 0.6 is 0 Å². The van der Waals surface area contributed by atoms with Gasteiger partial charge in [-0.1, -0.05) is 36.8 Å². The van der Waals surface area contributed by atoms with Crippen LogP contribution in [0.25, 0.3) is 0 Å². The Kier molecular flexibility index (Phi) is 5.11. The lowest BCUT2D eigenvalue weighted by molar-refractivity contribution is -0.122. The van der Waals surface area contributed by atoms with E-state index < -0.39 is 0 Å². The molecule has 0 aromatic heterocycles. The highest BCUT2D eigenvalue weighted by Gasteiger charge is 2.33. The van der Waals surface area contributed by atoms with Crippen LogP contribution in [-0.4, -0.2) is 31.6 Å². The van der Waals surface area contributed by atoms with Gasteiger partial charge in [0.05, 0.1) is 19.1 Å². The van der Waals surface area contributed by atoms with Crippen LogP contribution in [0.2, 0.25) is 0 Å². The van der Waals surface area contributed by atoms with Gasteiger partial charge in [0.25, 0.3) is 0 Å². The van der Waals surface area contributed by atoms with E-state index >= 15 is 0 Å². The van der Waals surface area contributed by atoms with E-state index in [2.05, 4.69) is 31.3 Å². The number of nitrogens with one attached hydrogen (secondary N) is 1. The van der Waals surface area contributed by atoms with Gasteiger partial charge >= 0.3 is 0 Å². The Morgan fingerprint density at radius 1 is 1.42 bits per heavy atom. The number of rotatable bonds is 6. The van der Waals surface area contributed by atoms with Crippen molar-refractivity contribution in [3.05, 3.63) is 35.4 Å². The second-order valence-corrected chi connectivity index (χ2v) is 5.34. The van der Waals surface area contributed by atoms with Crippen LogP contribution in [0, 0.1) is 12.8 Å². The smallest absolute Gasteiger partial charge is 0.144 e. The Bertz CT molecular complexity index is 431. The molecular formula is C16H23NO2. The first-order valence-corrected chi connectivity index (χ1v) is 7.10. The van der Waals surface area contributed by atoms with Crippen LogP contribution in [0.5, 0.6) is 0 Å². The summed E-state index contributed by atoms with van der Waals surface area (Å²) in [5.74, 6) is 0.295. The third-order valence-electron chi connectivity index (χ3n) is 3.61. The van der Waals surface area contributed by atoms with E-state index in [4.69, 9.17) is 4.74 Å². The number of Topliss-reactive ketones (excluding diaryl/α,β-unsaturated/α-hetero) is 1. The fourth-order valence-corrected chi connectivity index (χ4v) is 2.56. The summed E-state index contributed by atoms with van der Waals surface area (Å²) in [7, 11) is 0. The van der Waals surface area contributed by atoms with Crippen LogP contribution in [0.3, 0.4) is 0 Å². The molecule has 0 aliphatic carbocycles. The molecule has 0 radical (unpaired) electrons. The normalized spacial score (nSPS) is 22.6. The van der Waals surface area contributed by atoms with Gasteiger partial charge in [0, 0.05) is 12.5 Å². The zero-order valence-corrected chi connectivity index (χ0v) is 11.8. The summed E-state index contributed by atoms with van der Waals surface area (Å²) < 4.78 is 5.47. The maximum absolute atomic E-state index is 12.4. The summed E-state index contributed by atoms with van der Waals surface area (Å²) >= 11 is 0. The van der Waals surface area contributed by atoms with E-state index in [1.54, 1.807) is 0 Å². The predicted octanol–water partition coefficient (Wildman–Crippen LogP) is 2.12. The van der Waals surface area contributed by atoms with E-state index in [1.807, 2.05) is 12.1 Å². The number of carbonyl (C=O) groups is 1. The molecule has 1 saturated heterocycles. The lowest BCUT2D eigenvalue weighted by Crippen LogP contribution is -2.40. The molecule has 3 nitrogen and oxygen atoms in total. The van der Waals surface area contributed by atoms with Gasteiger partial charge < -0.3 is 10.1 Å². The van der Waals surface area contributed by atoms with E-state index in [0.29, 0.717) is 19.6 Å². The van der Waals surface area contributed by atoms with Gasteiger partial charge in [-0.3, -0.25) is 4.79 Å². The maximum Gasteiger partial charge on any atom is 0.144 e. The summed E-state index contributed by atoms with van der Waals surface area (Å²) in [5, 5.41) is 3.41. The van der Waals surface area contributed by atoms with Gasteiger partial charge in [0.15, 0.2) is 0 Å². The minimum absolute atomic E-state index is 0.00654. The summed E-state index contributed by atoms with van der Waals surface area (Å²) in [6.07, 6.45) is 1.59. The minimum Gasteiger partial charge on any atom is -0.379 e. The number of hydrogen-bond acceptors (Lipinski definition) is 3. The highest BCUT2D eigenvalue weighted by atomic mass is 16.5. The lowest BCUT2D eigenvalue weighted by atomic mass is 9.93. The highest BCUT2D eigenvalue weighted by molar-refractivity contribution is 5.84. The highest BCUT2D eigenvalue weighted by Crippen LogP contribution is 2.17. The van der Waals surface area contributed by atoms with E-state index in [1.165, 1.54) is 5.56 Å². The van der Waals surface area contributed by atoms with Crippen LogP contribution in [0.4, 0.5) is 0 Å². The standard InChI is InChI=1S/C16H23NO2/c1-3-7-17-15-11-19-10-14(15)16(18)9-13-6-4-5-12(2)8-13/h4-6,8,14-15,17H,3,7,9-11H2,1-2H3. The van der Waals surface area contributed by atoms with Crippen molar-refractivity contribution in [1.29, 1.82) is 0 Å². The maximum atomic E-state index is 12.4. The van der Waals surface area contributed by atoms with Crippen molar-refractivity contribution >= 4 is 5.78 Å². The van der Waals surface area contributed by atoms with Crippen molar-refractivity contribution in [3.8, 4) is 0 Å². The van der Waals surface area contributed by atoms with Gasteiger partial charge in [-0.25, -0.2) is 0 Å². The summed E-state index contributed by atoms with van der Waals surface area (Å²) in [4.78, 5) is 12.4. The lowest BCUT2D eigenvalue weighted by Gasteiger charge is -2.17. The molecule has 1 aromatic carbocycles. The first-order valence-electron chi connectivity index (χ1n) is 7.10. The fourth-order valence-electron chi connectivity index (χ4n) is 2.56. The first kappa shape index (κ1) is 14.2. The Morgan fingerprint density at radius 3 is 3.00 bits per heavy atom. The van der Waals surface area contributed by atoms with Gasteiger partial charge in [-0.05, 0) is 25.5 Å². The first-order chi connectivity index (χ1) is 9.20. The fraction of sp³-hybridized carbons (Fsp3) is 0.562. The zero-order chi connectivity index (χ0) is 13.7. The van der Waals surface area contributed by atoms with E-state index in [0.717, 1.165) is 18.5 Å². The number of carbonyl (C=O) groups excluding carboxylic acids is 1. The second kappa shape index (κ2) is 6.83. The Balaban J connectivity index is 1.95. The van der Waals surface area contributed by atoms with Gasteiger partial charge in [-0.15, -0.1) is 0 Å². The van der Waals surface area contributed by atoms with Crippen molar-refractivity contribution in [2.45, 2.75) is 32.7 Å². The third kappa shape index (κ3) is 3.88. The minimum atomic E-state index is 0.00654. The van der Waals surface area contributed by atoms with Crippen LogP contribution < -0.4 is 5.32 Å². The van der Waals surface area contributed by atoms with Gasteiger partial charge in [0.1, 0.15) is 5.78 Å². The Hall–Kier alpha value is -1.19. The number of ketones is 1. The SMILES string of the molecule is CCCNC1COCC1C(=O)Cc1cccc(C)c1. The van der Waals surface area contributed by atoms with Gasteiger partial charge in [0.2, 0.25) is 0 Å². The third-order valence-corrected chi connectivity index (χ3v) is 3.61. The molecule has 1 heterocycles. The van der Waals surface area contributed by atoms with Crippen molar-refractivity contribution < 1.29 is 9.53 Å². The van der Waals surface area contributed by atoms with E-state index in [9.17, 15) is 4.79 Å². The molecule has 0 saturated carbocycles. The molecule has 0 amide bonds. The molecule has 104 valence electrons.